The Balaban J connectivity index is 1.09. The summed E-state index contributed by atoms with van der Waals surface area (Å²) >= 11 is 0. The van der Waals surface area contributed by atoms with Crippen molar-refractivity contribution < 1.29 is 27.1 Å². The van der Waals surface area contributed by atoms with E-state index in [2.05, 4.69) is 20.3 Å². The predicted molar refractivity (Wildman–Crippen MR) is 139 cm³/mol. The van der Waals surface area contributed by atoms with Gasteiger partial charge in [-0.3, -0.25) is 9.48 Å². The Kier molecular flexibility index (Phi) is 7.80. The number of carbonyl (C=O) groups excluding carboxylic acids is 1. The van der Waals surface area contributed by atoms with E-state index in [4.69, 9.17) is 4.74 Å². The summed E-state index contributed by atoms with van der Waals surface area (Å²) in [5.41, 5.74) is 1.80. The molecule has 210 valence electrons. The van der Waals surface area contributed by atoms with Crippen molar-refractivity contribution >= 4 is 16.8 Å². The molecular formula is C28H33F4N5O2. The number of benzene rings is 1. The molecule has 0 unspecified atom stereocenters. The molecule has 0 saturated heterocycles. The van der Waals surface area contributed by atoms with Crippen LogP contribution in [0.5, 0.6) is 5.88 Å². The van der Waals surface area contributed by atoms with Crippen LogP contribution in [0.15, 0.2) is 36.5 Å². The molecule has 0 bridgehead atoms. The molecule has 0 spiro atoms. The molecular weight excluding hydrogens is 514 g/mol. The Hall–Kier alpha value is -3.21. The number of nitrogens with one attached hydrogen (secondary N) is 1. The average molecular weight is 548 g/mol. The smallest absolute Gasteiger partial charge is 0.422 e. The van der Waals surface area contributed by atoms with Gasteiger partial charge in [-0.2, -0.15) is 18.3 Å². The Labute approximate surface area is 224 Å². The molecule has 7 nitrogen and oxygen atoms in total. The quantitative estimate of drug-likeness (QED) is 0.431. The van der Waals surface area contributed by atoms with Crippen molar-refractivity contribution in [3.63, 3.8) is 0 Å². The Bertz CT molecular complexity index is 1320. The lowest BCUT2D eigenvalue weighted by Gasteiger charge is -2.35. The molecule has 2 aliphatic rings. The van der Waals surface area contributed by atoms with Gasteiger partial charge in [0, 0.05) is 62.5 Å². The minimum Gasteiger partial charge on any atom is -0.468 e. The van der Waals surface area contributed by atoms with Gasteiger partial charge in [-0.25, -0.2) is 9.37 Å². The molecule has 2 aromatic heterocycles. The van der Waals surface area contributed by atoms with E-state index in [9.17, 15) is 18.0 Å². The summed E-state index contributed by atoms with van der Waals surface area (Å²) in [6, 6.07) is 8.65. The summed E-state index contributed by atoms with van der Waals surface area (Å²) in [6.45, 7) is 0.639. The number of alkyl halides is 4. The Morgan fingerprint density at radius 1 is 1.15 bits per heavy atom. The second-order valence-electron chi connectivity index (χ2n) is 10.7. The van der Waals surface area contributed by atoms with E-state index in [0.717, 1.165) is 28.7 Å². The van der Waals surface area contributed by atoms with Gasteiger partial charge < -0.3 is 15.0 Å². The molecule has 1 fully saturated rings. The number of rotatable bonds is 7. The van der Waals surface area contributed by atoms with Crippen molar-refractivity contribution in [2.75, 3.05) is 26.2 Å². The van der Waals surface area contributed by atoms with E-state index in [-0.39, 0.29) is 17.8 Å². The van der Waals surface area contributed by atoms with E-state index >= 15 is 4.39 Å². The highest BCUT2D eigenvalue weighted by atomic mass is 19.4. The zero-order chi connectivity index (χ0) is 27.6. The van der Waals surface area contributed by atoms with Gasteiger partial charge in [-0.15, -0.1) is 0 Å². The number of aryl methyl sites for hydroxylation is 1. The van der Waals surface area contributed by atoms with Gasteiger partial charge in [-0.1, -0.05) is 12.1 Å². The minimum absolute atomic E-state index is 0.0248. The fraction of sp³-hybridized carbons (Fsp3) is 0.536. The number of pyridine rings is 1. The zero-order valence-electron chi connectivity index (χ0n) is 21.9. The number of nitrogens with zero attached hydrogens (tertiary/aromatic N) is 4. The maximum atomic E-state index is 15.7. The lowest BCUT2D eigenvalue weighted by atomic mass is 9.81. The van der Waals surface area contributed by atoms with Gasteiger partial charge in [-0.05, 0) is 56.2 Å². The minimum atomic E-state index is -4.41. The molecule has 1 aliphatic carbocycles. The first-order valence-electron chi connectivity index (χ1n) is 13.4. The standard InChI is InChI=1S/C28H33F4N5O2/c1-36-17-22-21(3-2-4-24(22)35-36)26(38)33-20-7-11-27(29,12-8-20)13-16-37-14-9-19-5-6-25(34-23(19)10-15-37)39-18-28(30,31)32/h2-6,17,20H,7-16,18H2,1H3,(H,33,38). The fourth-order valence-corrected chi connectivity index (χ4v) is 5.58. The normalized spacial score (nSPS) is 22.3. The second kappa shape index (κ2) is 11.1. The van der Waals surface area contributed by atoms with Crippen LogP contribution < -0.4 is 10.1 Å². The Morgan fingerprint density at radius 3 is 2.69 bits per heavy atom. The third-order valence-electron chi connectivity index (χ3n) is 7.79. The van der Waals surface area contributed by atoms with Gasteiger partial charge in [0.05, 0.1) is 11.1 Å². The topological polar surface area (TPSA) is 72.3 Å². The number of amides is 1. The number of carbonyl (C=O) groups is 1. The highest BCUT2D eigenvalue weighted by molar-refractivity contribution is 6.06. The summed E-state index contributed by atoms with van der Waals surface area (Å²) < 4.78 is 59.5. The lowest BCUT2D eigenvalue weighted by molar-refractivity contribution is -0.154. The largest absolute Gasteiger partial charge is 0.468 e. The number of aromatic nitrogens is 3. The molecule has 0 radical (unpaired) electrons. The maximum Gasteiger partial charge on any atom is 0.422 e. The van der Waals surface area contributed by atoms with E-state index in [0.29, 0.717) is 63.6 Å². The van der Waals surface area contributed by atoms with Crippen molar-refractivity contribution in [1.82, 2.24) is 25.0 Å². The molecule has 1 N–H and O–H groups in total. The van der Waals surface area contributed by atoms with Crippen LogP contribution in [-0.2, 0) is 19.9 Å². The van der Waals surface area contributed by atoms with Crippen LogP contribution in [0.1, 0.15) is 53.7 Å². The first-order chi connectivity index (χ1) is 18.6. The molecule has 39 heavy (non-hydrogen) atoms. The van der Waals surface area contributed by atoms with Crippen molar-refractivity contribution in [1.29, 1.82) is 0 Å². The number of hydrogen-bond donors (Lipinski definition) is 1. The lowest BCUT2D eigenvalue weighted by Crippen LogP contribution is -2.43. The zero-order valence-corrected chi connectivity index (χ0v) is 21.9. The molecule has 3 heterocycles. The number of fused-ring (bicyclic) bond motifs is 2. The van der Waals surface area contributed by atoms with E-state index in [1.54, 1.807) is 16.8 Å². The van der Waals surface area contributed by atoms with Crippen LogP contribution in [0.3, 0.4) is 0 Å². The van der Waals surface area contributed by atoms with Gasteiger partial charge in [0.25, 0.3) is 5.91 Å². The summed E-state index contributed by atoms with van der Waals surface area (Å²) in [4.78, 5) is 19.4. The third-order valence-corrected chi connectivity index (χ3v) is 7.79. The molecule has 0 atom stereocenters. The van der Waals surface area contributed by atoms with Crippen molar-refractivity contribution in [3.05, 3.63) is 53.3 Å². The van der Waals surface area contributed by atoms with E-state index in [1.165, 1.54) is 6.07 Å². The second-order valence-corrected chi connectivity index (χ2v) is 10.7. The maximum absolute atomic E-state index is 15.7. The third kappa shape index (κ3) is 6.87. The average Bonchev–Trinajstić information content (AvgIpc) is 3.16. The van der Waals surface area contributed by atoms with Crippen molar-refractivity contribution in [2.24, 2.45) is 7.05 Å². The van der Waals surface area contributed by atoms with Crippen molar-refractivity contribution in [2.45, 2.75) is 62.8 Å². The fourth-order valence-electron chi connectivity index (χ4n) is 5.58. The SMILES string of the molecule is Cn1cc2c(C(=O)NC3CCC(F)(CCN4CCc5ccc(OCC(F)(F)F)nc5CC4)CC3)cccc2n1. The van der Waals surface area contributed by atoms with Crippen molar-refractivity contribution in [3.8, 4) is 5.88 Å². The summed E-state index contributed by atoms with van der Waals surface area (Å²) in [6.07, 6.45) is 1.07. The van der Waals surface area contributed by atoms with Crippen LogP contribution in [0.4, 0.5) is 17.6 Å². The highest BCUT2D eigenvalue weighted by Gasteiger charge is 2.36. The van der Waals surface area contributed by atoms with Crippen LogP contribution in [0.25, 0.3) is 10.9 Å². The number of ether oxygens (including phenoxy) is 1. The monoisotopic (exact) mass is 547 g/mol. The van der Waals surface area contributed by atoms with Gasteiger partial charge in [0.2, 0.25) is 5.88 Å². The first kappa shape index (κ1) is 27.4. The van der Waals surface area contributed by atoms with Gasteiger partial charge >= 0.3 is 6.18 Å². The number of halogens is 4. The number of hydrogen-bond acceptors (Lipinski definition) is 5. The summed E-state index contributed by atoms with van der Waals surface area (Å²) in [5.74, 6) is -0.183. The highest BCUT2D eigenvalue weighted by Crippen LogP contribution is 2.35. The van der Waals surface area contributed by atoms with Gasteiger partial charge in [0.15, 0.2) is 6.61 Å². The first-order valence-corrected chi connectivity index (χ1v) is 13.4. The summed E-state index contributed by atoms with van der Waals surface area (Å²) in [5, 5.41) is 8.24. The van der Waals surface area contributed by atoms with Gasteiger partial charge in [0.1, 0.15) is 5.67 Å². The molecule has 5 rings (SSSR count). The van der Waals surface area contributed by atoms with E-state index < -0.39 is 18.5 Å². The molecule has 3 aromatic rings. The van der Waals surface area contributed by atoms with Crippen LogP contribution >= 0.6 is 0 Å². The van der Waals surface area contributed by atoms with Crippen LogP contribution in [-0.4, -0.2) is 69.7 Å². The molecule has 1 aliphatic heterocycles. The molecule has 1 amide bonds. The predicted octanol–water partition coefficient (Wildman–Crippen LogP) is 4.78. The molecule has 11 heteroatoms. The summed E-state index contributed by atoms with van der Waals surface area (Å²) in [7, 11) is 1.82. The van der Waals surface area contributed by atoms with Crippen LogP contribution in [0, 0.1) is 0 Å². The van der Waals surface area contributed by atoms with E-state index in [1.807, 2.05) is 25.4 Å². The Morgan fingerprint density at radius 2 is 1.92 bits per heavy atom. The van der Waals surface area contributed by atoms with Crippen LogP contribution in [0.2, 0.25) is 0 Å². The molecule has 1 saturated carbocycles. The molecule has 1 aromatic carbocycles.